The third kappa shape index (κ3) is 2.46. The molecule has 0 heterocycles. The van der Waals surface area contributed by atoms with Crippen LogP contribution in [0.1, 0.15) is 25.0 Å². The van der Waals surface area contributed by atoms with Crippen molar-refractivity contribution >= 4 is 0 Å². The maximum Gasteiger partial charge on any atom is 0.119 e. The van der Waals surface area contributed by atoms with Gasteiger partial charge in [0.2, 0.25) is 0 Å². The van der Waals surface area contributed by atoms with Crippen molar-refractivity contribution in [3.05, 3.63) is 29.3 Å². The summed E-state index contributed by atoms with van der Waals surface area (Å²) < 4.78 is 0. The van der Waals surface area contributed by atoms with E-state index in [1.165, 1.54) is 0 Å². The molecule has 1 rings (SSSR count). The van der Waals surface area contributed by atoms with Gasteiger partial charge in [-0.05, 0) is 37.0 Å². The predicted molar refractivity (Wildman–Crippen MR) is 54.8 cm³/mol. The quantitative estimate of drug-likeness (QED) is 0.743. The third-order valence-corrected chi connectivity index (χ3v) is 2.14. The fourth-order valence-corrected chi connectivity index (χ4v) is 1.57. The summed E-state index contributed by atoms with van der Waals surface area (Å²) in [4.78, 5) is 0. The molecule has 0 saturated heterocycles. The van der Waals surface area contributed by atoms with Crippen LogP contribution in [-0.2, 0) is 12.8 Å². The minimum absolute atomic E-state index is 0.145. The number of rotatable bonds is 3. The Balaban J connectivity index is 2.98. The zero-order chi connectivity index (χ0) is 9.84. The molecule has 0 aliphatic carbocycles. The molecule has 0 aliphatic heterocycles. The molecule has 2 nitrogen and oxygen atoms in total. The topological polar surface area (TPSA) is 46.2 Å². The summed E-state index contributed by atoms with van der Waals surface area (Å²) in [6.45, 7) is 4.02. The van der Waals surface area contributed by atoms with Gasteiger partial charge in [0.1, 0.15) is 5.75 Å². The molecule has 0 saturated carbocycles. The Hall–Kier alpha value is -1.02. The average molecular weight is 179 g/mol. The lowest BCUT2D eigenvalue weighted by molar-refractivity contribution is 0.467. The fraction of sp³-hybridized carbons (Fsp3) is 0.455. The minimum Gasteiger partial charge on any atom is -0.508 e. The van der Waals surface area contributed by atoms with Crippen LogP contribution in [0.5, 0.6) is 5.75 Å². The molecule has 0 radical (unpaired) electrons. The van der Waals surface area contributed by atoms with Gasteiger partial charge in [-0.2, -0.15) is 0 Å². The van der Waals surface area contributed by atoms with Crippen LogP contribution in [0.2, 0.25) is 0 Å². The Morgan fingerprint density at radius 2 is 2.15 bits per heavy atom. The van der Waals surface area contributed by atoms with Crippen molar-refractivity contribution in [2.45, 2.75) is 32.7 Å². The molecule has 1 atom stereocenters. The van der Waals surface area contributed by atoms with Crippen LogP contribution in [-0.4, -0.2) is 11.1 Å². The number of phenolic OH excluding ortho intramolecular Hbond substituents is 1. The first-order chi connectivity index (χ1) is 6.15. The zero-order valence-electron chi connectivity index (χ0n) is 8.25. The van der Waals surface area contributed by atoms with Crippen LogP contribution in [0.15, 0.2) is 18.2 Å². The maximum atomic E-state index is 9.56. The van der Waals surface area contributed by atoms with E-state index in [0.29, 0.717) is 5.75 Å². The molecule has 0 spiro atoms. The van der Waals surface area contributed by atoms with Gasteiger partial charge < -0.3 is 10.8 Å². The molecule has 0 aromatic heterocycles. The second-order valence-electron chi connectivity index (χ2n) is 3.45. The minimum atomic E-state index is 0.145. The maximum absolute atomic E-state index is 9.56. The monoisotopic (exact) mass is 179 g/mol. The van der Waals surface area contributed by atoms with E-state index in [1.807, 2.05) is 26.0 Å². The average Bonchev–Trinajstić information content (AvgIpc) is 2.03. The van der Waals surface area contributed by atoms with Gasteiger partial charge in [-0.25, -0.2) is 0 Å². The summed E-state index contributed by atoms with van der Waals surface area (Å²) in [6, 6.07) is 5.77. The Labute approximate surface area is 79.4 Å². The van der Waals surface area contributed by atoms with Crippen LogP contribution >= 0.6 is 0 Å². The highest BCUT2D eigenvalue weighted by atomic mass is 16.3. The zero-order valence-corrected chi connectivity index (χ0v) is 8.25. The predicted octanol–water partition coefficient (Wildman–Crippen LogP) is 1.84. The van der Waals surface area contributed by atoms with E-state index in [2.05, 4.69) is 0 Å². The molecule has 0 fully saturated rings. The largest absolute Gasteiger partial charge is 0.508 e. The van der Waals surface area contributed by atoms with Crippen molar-refractivity contribution in [2.24, 2.45) is 5.73 Å². The third-order valence-electron chi connectivity index (χ3n) is 2.14. The smallest absolute Gasteiger partial charge is 0.119 e. The lowest BCUT2D eigenvalue weighted by Gasteiger charge is -2.11. The number of aromatic hydroxyl groups is 1. The van der Waals surface area contributed by atoms with Gasteiger partial charge in [0.15, 0.2) is 0 Å². The van der Waals surface area contributed by atoms with Gasteiger partial charge in [0.05, 0.1) is 0 Å². The van der Waals surface area contributed by atoms with E-state index in [9.17, 15) is 5.11 Å². The molecule has 0 unspecified atom stereocenters. The second kappa shape index (κ2) is 4.28. The summed E-state index contributed by atoms with van der Waals surface area (Å²) in [5, 5.41) is 9.56. The van der Waals surface area contributed by atoms with Crippen molar-refractivity contribution in [3.8, 4) is 5.75 Å². The summed E-state index contributed by atoms with van der Waals surface area (Å²) in [7, 11) is 0. The van der Waals surface area contributed by atoms with E-state index in [4.69, 9.17) is 5.73 Å². The van der Waals surface area contributed by atoms with Gasteiger partial charge >= 0.3 is 0 Å². The summed E-state index contributed by atoms with van der Waals surface area (Å²) >= 11 is 0. The molecular weight excluding hydrogens is 162 g/mol. The van der Waals surface area contributed by atoms with Crippen LogP contribution < -0.4 is 5.73 Å². The van der Waals surface area contributed by atoms with Crippen molar-refractivity contribution in [3.63, 3.8) is 0 Å². The molecule has 1 aromatic rings. The second-order valence-corrected chi connectivity index (χ2v) is 3.45. The molecule has 13 heavy (non-hydrogen) atoms. The van der Waals surface area contributed by atoms with Crippen molar-refractivity contribution in [2.75, 3.05) is 0 Å². The molecular formula is C11H17NO. The SMILES string of the molecule is CCc1c(O)cccc1C[C@H](C)N. The highest BCUT2D eigenvalue weighted by Gasteiger charge is 2.06. The van der Waals surface area contributed by atoms with Gasteiger partial charge in [0, 0.05) is 6.04 Å². The molecule has 0 amide bonds. The van der Waals surface area contributed by atoms with Crippen LogP contribution in [0.25, 0.3) is 0 Å². The lowest BCUT2D eigenvalue weighted by atomic mass is 9.99. The number of benzene rings is 1. The van der Waals surface area contributed by atoms with E-state index in [0.717, 1.165) is 24.0 Å². The van der Waals surface area contributed by atoms with Crippen LogP contribution in [0.3, 0.4) is 0 Å². The lowest BCUT2D eigenvalue weighted by Crippen LogP contribution is -2.18. The summed E-state index contributed by atoms with van der Waals surface area (Å²) in [5.41, 5.74) is 7.91. The Morgan fingerprint density at radius 3 is 2.69 bits per heavy atom. The van der Waals surface area contributed by atoms with Crippen molar-refractivity contribution in [1.29, 1.82) is 0 Å². The van der Waals surface area contributed by atoms with Gasteiger partial charge in [-0.3, -0.25) is 0 Å². The van der Waals surface area contributed by atoms with E-state index in [1.54, 1.807) is 6.07 Å². The van der Waals surface area contributed by atoms with Gasteiger partial charge in [-0.15, -0.1) is 0 Å². The molecule has 1 aromatic carbocycles. The number of nitrogens with two attached hydrogens (primary N) is 1. The Morgan fingerprint density at radius 1 is 1.46 bits per heavy atom. The molecule has 0 bridgehead atoms. The van der Waals surface area contributed by atoms with E-state index in [-0.39, 0.29) is 6.04 Å². The summed E-state index contributed by atoms with van der Waals surface area (Å²) in [6.07, 6.45) is 1.69. The first-order valence-electron chi connectivity index (χ1n) is 4.70. The highest BCUT2D eigenvalue weighted by molar-refractivity contribution is 5.39. The van der Waals surface area contributed by atoms with Crippen molar-refractivity contribution in [1.82, 2.24) is 0 Å². The van der Waals surface area contributed by atoms with Crippen molar-refractivity contribution < 1.29 is 5.11 Å². The van der Waals surface area contributed by atoms with Crippen LogP contribution in [0, 0.1) is 0 Å². The number of hydrogen-bond donors (Lipinski definition) is 2. The number of hydrogen-bond acceptors (Lipinski definition) is 2. The summed E-state index contributed by atoms with van der Waals surface area (Å²) in [5.74, 6) is 0.389. The Kier molecular flexibility index (Phi) is 3.32. The molecule has 72 valence electrons. The Bertz CT molecular complexity index is 281. The normalized spacial score (nSPS) is 12.8. The molecule has 3 N–H and O–H groups in total. The van der Waals surface area contributed by atoms with Gasteiger partial charge in [-0.1, -0.05) is 19.1 Å². The first-order valence-corrected chi connectivity index (χ1v) is 4.70. The standard InChI is InChI=1S/C11H17NO/c1-3-10-9(7-8(2)12)5-4-6-11(10)13/h4-6,8,13H,3,7,12H2,1-2H3/t8-/m0/s1. The van der Waals surface area contributed by atoms with Gasteiger partial charge in [0.25, 0.3) is 0 Å². The number of phenols is 1. The van der Waals surface area contributed by atoms with E-state index < -0.39 is 0 Å². The van der Waals surface area contributed by atoms with E-state index >= 15 is 0 Å². The highest BCUT2D eigenvalue weighted by Crippen LogP contribution is 2.22. The molecule has 0 aliphatic rings. The first kappa shape index (κ1) is 10.1. The fourth-order valence-electron chi connectivity index (χ4n) is 1.57. The van der Waals surface area contributed by atoms with Crippen LogP contribution in [0.4, 0.5) is 0 Å². The molecule has 2 heteroatoms.